The van der Waals surface area contributed by atoms with Gasteiger partial charge in [0.15, 0.2) is 0 Å². The second-order valence-electron chi connectivity index (χ2n) is 2.55. The molecule has 0 radical (unpaired) electrons. The quantitative estimate of drug-likeness (QED) is 0.639. The monoisotopic (exact) mass is 185 g/mol. The highest BCUT2D eigenvalue weighted by Crippen LogP contribution is 1.91. The van der Waals surface area contributed by atoms with Crippen molar-refractivity contribution in [2.75, 3.05) is 0 Å². The summed E-state index contributed by atoms with van der Waals surface area (Å²) in [7, 11) is 0. The summed E-state index contributed by atoms with van der Waals surface area (Å²) in [6.07, 6.45) is 4.33. The second-order valence-corrected chi connectivity index (χ2v) is 2.55. The average Bonchev–Trinajstić information content (AvgIpc) is 2.33. The van der Waals surface area contributed by atoms with E-state index in [2.05, 4.69) is 4.98 Å². The van der Waals surface area contributed by atoms with E-state index in [9.17, 15) is 4.79 Å². The Bertz CT molecular complexity index is 319. The first-order valence-electron chi connectivity index (χ1n) is 4.28. The van der Waals surface area contributed by atoms with Crippen LogP contribution in [0.1, 0.15) is 10.4 Å². The molecule has 14 heavy (non-hydrogen) atoms. The van der Waals surface area contributed by atoms with E-state index in [4.69, 9.17) is 0 Å². The number of pyridine rings is 1. The Morgan fingerprint density at radius 3 is 1.71 bits per heavy atom. The van der Waals surface area contributed by atoms with Gasteiger partial charge in [0.25, 0.3) is 0 Å². The lowest BCUT2D eigenvalue weighted by molar-refractivity contribution is 0.112. The van der Waals surface area contributed by atoms with Gasteiger partial charge in [-0.2, -0.15) is 0 Å². The fourth-order valence-corrected chi connectivity index (χ4v) is 0.844. The van der Waals surface area contributed by atoms with Gasteiger partial charge in [-0.05, 0) is 12.1 Å². The van der Waals surface area contributed by atoms with Gasteiger partial charge in [0.2, 0.25) is 0 Å². The second kappa shape index (κ2) is 6.54. The summed E-state index contributed by atoms with van der Waals surface area (Å²) in [5.74, 6) is 0. The highest BCUT2D eigenvalue weighted by atomic mass is 16.1. The number of carbonyl (C=O) groups excluding carboxylic acids is 1. The van der Waals surface area contributed by atoms with E-state index in [0.717, 1.165) is 11.8 Å². The van der Waals surface area contributed by atoms with Crippen molar-refractivity contribution in [1.82, 2.24) is 4.98 Å². The smallest absolute Gasteiger partial charge is 0.150 e. The molecular weight excluding hydrogens is 174 g/mol. The van der Waals surface area contributed by atoms with Gasteiger partial charge in [-0.25, -0.2) is 0 Å². The number of carbonyl (C=O) groups is 1. The zero-order chi connectivity index (χ0) is 10.1. The molecule has 0 fully saturated rings. The Morgan fingerprint density at radius 1 is 0.857 bits per heavy atom. The van der Waals surface area contributed by atoms with Crippen LogP contribution in [0.25, 0.3) is 0 Å². The molecule has 1 aromatic heterocycles. The Balaban J connectivity index is 0.000000146. The Labute approximate surface area is 83.2 Å². The van der Waals surface area contributed by atoms with Crippen molar-refractivity contribution in [3.05, 3.63) is 66.5 Å². The summed E-state index contributed by atoms with van der Waals surface area (Å²) in [6.45, 7) is 0. The van der Waals surface area contributed by atoms with Crippen LogP contribution in [0.2, 0.25) is 0 Å². The van der Waals surface area contributed by atoms with Gasteiger partial charge in [-0.3, -0.25) is 9.78 Å². The predicted molar refractivity (Wildman–Crippen MR) is 56.1 cm³/mol. The molecule has 0 saturated heterocycles. The number of hydrogen-bond donors (Lipinski definition) is 0. The third-order valence-corrected chi connectivity index (χ3v) is 1.50. The van der Waals surface area contributed by atoms with Crippen molar-refractivity contribution < 1.29 is 4.79 Å². The predicted octanol–water partition coefficient (Wildman–Crippen LogP) is 2.58. The molecule has 70 valence electrons. The number of aromatic nitrogens is 1. The van der Waals surface area contributed by atoms with Crippen LogP contribution in [0.3, 0.4) is 0 Å². The van der Waals surface area contributed by atoms with E-state index in [1.807, 2.05) is 36.4 Å². The van der Waals surface area contributed by atoms with Crippen molar-refractivity contribution >= 4 is 6.29 Å². The molecule has 0 aliphatic rings. The van der Waals surface area contributed by atoms with Gasteiger partial charge in [0.05, 0.1) is 0 Å². The zero-order valence-corrected chi connectivity index (χ0v) is 7.71. The topological polar surface area (TPSA) is 30.0 Å². The van der Waals surface area contributed by atoms with Gasteiger partial charge in [-0.15, -0.1) is 0 Å². The molecule has 2 nitrogen and oxygen atoms in total. The van der Waals surface area contributed by atoms with E-state index < -0.39 is 0 Å². The van der Waals surface area contributed by atoms with Crippen LogP contribution in [-0.4, -0.2) is 11.3 Å². The van der Waals surface area contributed by atoms with E-state index in [1.165, 1.54) is 0 Å². The minimum absolute atomic E-state index is 0.729. The zero-order valence-electron chi connectivity index (χ0n) is 7.71. The molecule has 2 heteroatoms. The lowest BCUT2D eigenvalue weighted by Gasteiger charge is -1.81. The molecule has 0 spiro atoms. The molecule has 0 amide bonds. The number of nitrogens with zero attached hydrogens (tertiary/aromatic N) is 1. The molecule has 1 aromatic carbocycles. The normalized spacial score (nSPS) is 8.29. The van der Waals surface area contributed by atoms with Gasteiger partial charge in [0, 0.05) is 18.0 Å². The molecule has 2 aromatic rings. The first-order valence-corrected chi connectivity index (χ1v) is 4.28. The lowest BCUT2D eigenvalue weighted by atomic mass is 10.2. The summed E-state index contributed by atoms with van der Waals surface area (Å²) >= 11 is 0. The summed E-state index contributed by atoms with van der Waals surface area (Å²) in [5, 5.41) is 0. The van der Waals surface area contributed by atoms with Crippen molar-refractivity contribution in [1.29, 1.82) is 0 Å². The van der Waals surface area contributed by atoms with E-state index in [-0.39, 0.29) is 0 Å². The van der Waals surface area contributed by atoms with Gasteiger partial charge in [0.1, 0.15) is 6.29 Å². The van der Waals surface area contributed by atoms with Crippen LogP contribution < -0.4 is 0 Å². The minimum atomic E-state index is 0.729. The van der Waals surface area contributed by atoms with Crippen molar-refractivity contribution in [2.24, 2.45) is 0 Å². The highest BCUT2D eigenvalue weighted by Gasteiger charge is 1.79. The van der Waals surface area contributed by atoms with Crippen molar-refractivity contribution in [3.8, 4) is 0 Å². The Kier molecular flexibility index (Phi) is 4.73. The fraction of sp³-hybridized carbons (Fsp3) is 0. The third-order valence-electron chi connectivity index (χ3n) is 1.50. The summed E-state index contributed by atoms with van der Waals surface area (Å²) in [6, 6.07) is 14.8. The molecule has 0 saturated carbocycles. The molecule has 0 aliphatic heterocycles. The molecule has 0 bridgehead atoms. The van der Waals surface area contributed by atoms with Gasteiger partial charge < -0.3 is 0 Å². The van der Waals surface area contributed by atoms with Gasteiger partial charge >= 0.3 is 0 Å². The first-order chi connectivity index (χ1) is 6.93. The maximum Gasteiger partial charge on any atom is 0.150 e. The molecule has 0 atom stereocenters. The molecule has 2 rings (SSSR count). The third kappa shape index (κ3) is 4.16. The Morgan fingerprint density at radius 2 is 1.43 bits per heavy atom. The fourth-order valence-electron chi connectivity index (χ4n) is 0.844. The SMILES string of the molecule is O=Cc1ccccc1.c1ccncc1. The van der Waals surface area contributed by atoms with Crippen LogP contribution in [0.15, 0.2) is 60.9 Å². The highest BCUT2D eigenvalue weighted by molar-refractivity contribution is 5.74. The largest absolute Gasteiger partial charge is 0.298 e. The Hall–Kier alpha value is -1.96. The lowest BCUT2D eigenvalue weighted by Crippen LogP contribution is -1.73. The number of rotatable bonds is 1. The van der Waals surface area contributed by atoms with Gasteiger partial charge in [-0.1, -0.05) is 36.4 Å². The van der Waals surface area contributed by atoms with Crippen LogP contribution in [-0.2, 0) is 0 Å². The molecular formula is C12H11NO. The standard InChI is InChI=1S/C7H6O.C5H5N/c8-6-7-4-2-1-3-5-7;1-2-4-6-5-3-1/h1-6H;1-5H. The van der Waals surface area contributed by atoms with Crippen LogP contribution in [0.5, 0.6) is 0 Å². The van der Waals surface area contributed by atoms with Crippen LogP contribution in [0.4, 0.5) is 0 Å². The maximum absolute atomic E-state index is 10.0. The number of hydrogen-bond acceptors (Lipinski definition) is 2. The number of benzene rings is 1. The summed E-state index contributed by atoms with van der Waals surface area (Å²) in [5.41, 5.74) is 0.729. The summed E-state index contributed by atoms with van der Waals surface area (Å²) < 4.78 is 0. The molecule has 0 N–H and O–H groups in total. The van der Waals surface area contributed by atoms with E-state index in [1.54, 1.807) is 24.5 Å². The summed E-state index contributed by atoms with van der Waals surface area (Å²) in [4.78, 5) is 13.8. The van der Waals surface area contributed by atoms with Crippen molar-refractivity contribution in [3.63, 3.8) is 0 Å². The van der Waals surface area contributed by atoms with Crippen LogP contribution in [0, 0.1) is 0 Å². The molecule has 1 heterocycles. The average molecular weight is 185 g/mol. The van der Waals surface area contributed by atoms with E-state index in [0.29, 0.717) is 0 Å². The molecule has 0 unspecified atom stereocenters. The van der Waals surface area contributed by atoms with Crippen molar-refractivity contribution in [2.45, 2.75) is 0 Å². The number of aldehydes is 1. The minimum Gasteiger partial charge on any atom is -0.298 e. The molecule has 0 aliphatic carbocycles. The first kappa shape index (κ1) is 10.1. The van der Waals surface area contributed by atoms with E-state index >= 15 is 0 Å². The van der Waals surface area contributed by atoms with Crippen LogP contribution >= 0.6 is 0 Å². The maximum atomic E-state index is 10.0.